The lowest BCUT2D eigenvalue weighted by Crippen LogP contribution is -2.29. The quantitative estimate of drug-likeness (QED) is 0.390. The molecule has 0 radical (unpaired) electrons. The van der Waals surface area contributed by atoms with Gasteiger partial charge in [0.05, 0.1) is 18.3 Å². The Labute approximate surface area is 153 Å². The van der Waals surface area contributed by atoms with Crippen molar-refractivity contribution < 1.29 is 14.6 Å². The van der Waals surface area contributed by atoms with Gasteiger partial charge in [-0.3, -0.25) is 4.79 Å². The Hall–Kier alpha value is 0.800. The van der Waals surface area contributed by atoms with Crippen LogP contribution in [0.4, 0.5) is 0 Å². The van der Waals surface area contributed by atoms with Gasteiger partial charge in [-0.1, -0.05) is 0 Å². The first-order valence-corrected chi connectivity index (χ1v) is 8.79. The van der Waals surface area contributed by atoms with Gasteiger partial charge in [-0.25, -0.2) is 0 Å². The second-order valence-corrected chi connectivity index (χ2v) is 7.39. The van der Waals surface area contributed by atoms with E-state index in [1.807, 2.05) is 12.1 Å². The Bertz CT molecular complexity index is 454. The van der Waals surface area contributed by atoms with Gasteiger partial charge in [0.2, 0.25) is 0 Å². The average molecular weight is 601 g/mol. The fraction of sp³-hybridized carbons (Fsp3) is 0.417. The highest BCUT2D eigenvalue weighted by Crippen LogP contribution is 2.22. The summed E-state index contributed by atoms with van der Waals surface area (Å²) in [6.07, 6.45) is -0.0580. The summed E-state index contributed by atoms with van der Waals surface area (Å²) in [7, 11) is 1.54. The van der Waals surface area contributed by atoms with Crippen LogP contribution in [0.3, 0.4) is 0 Å². The molecule has 0 aliphatic carbocycles. The summed E-state index contributed by atoms with van der Waals surface area (Å²) in [4.78, 5) is 12.1. The summed E-state index contributed by atoms with van der Waals surface area (Å²) >= 11 is 6.59. The Morgan fingerprint density at radius 2 is 2.11 bits per heavy atom. The van der Waals surface area contributed by atoms with Crippen LogP contribution < -0.4 is 5.32 Å². The predicted octanol–water partition coefficient (Wildman–Crippen LogP) is 2.63. The molecule has 0 saturated carbocycles. The van der Waals surface area contributed by atoms with Gasteiger partial charge in [-0.15, -0.1) is 0 Å². The zero-order valence-electron chi connectivity index (χ0n) is 10.3. The normalized spacial score (nSPS) is 12.3. The summed E-state index contributed by atoms with van der Waals surface area (Å²) in [5.41, 5.74) is 0.679. The molecular formula is C12H14I3NO3. The van der Waals surface area contributed by atoms with Gasteiger partial charge in [-0.2, -0.15) is 0 Å². The third kappa shape index (κ3) is 5.98. The molecule has 1 aromatic carbocycles. The third-order valence-electron chi connectivity index (χ3n) is 2.36. The molecule has 0 aliphatic rings. The third-order valence-corrected chi connectivity index (χ3v) is 6.03. The van der Waals surface area contributed by atoms with Gasteiger partial charge in [0.25, 0.3) is 5.91 Å². The molecule has 1 atom stereocenters. The fourth-order valence-corrected chi connectivity index (χ4v) is 3.85. The number of aliphatic hydroxyl groups is 1. The van der Waals surface area contributed by atoms with Crippen molar-refractivity contribution in [3.8, 4) is 0 Å². The lowest BCUT2D eigenvalue weighted by Gasteiger charge is -2.11. The zero-order chi connectivity index (χ0) is 14.4. The maximum atomic E-state index is 12.1. The van der Waals surface area contributed by atoms with Crippen molar-refractivity contribution in [1.82, 2.24) is 5.32 Å². The molecule has 0 aromatic heterocycles. The van der Waals surface area contributed by atoms with E-state index in [2.05, 4.69) is 73.1 Å². The number of hydrogen-bond acceptors (Lipinski definition) is 3. The number of carbonyl (C=O) groups is 1. The van der Waals surface area contributed by atoms with Crippen molar-refractivity contribution in [2.24, 2.45) is 0 Å². The van der Waals surface area contributed by atoms with Crippen LogP contribution in [-0.4, -0.2) is 37.4 Å². The van der Waals surface area contributed by atoms with E-state index in [4.69, 9.17) is 4.74 Å². The Kier molecular flexibility index (Phi) is 8.41. The summed E-state index contributed by atoms with van der Waals surface area (Å²) in [6, 6.07) is 3.90. The van der Waals surface area contributed by atoms with E-state index >= 15 is 0 Å². The van der Waals surface area contributed by atoms with Crippen molar-refractivity contribution in [2.45, 2.75) is 12.5 Å². The second kappa shape index (κ2) is 8.95. The van der Waals surface area contributed by atoms with Crippen LogP contribution in [0.25, 0.3) is 0 Å². The van der Waals surface area contributed by atoms with Crippen molar-refractivity contribution in [3.63, 3.8) is 0 Å². The smallest absolute Gasteiger partial charge is 0.252 e. The summed E-state index contributed by atoms with van der Waals surface area (Å²) in [6.45, 7) is 0.718. The van der Waals surface area contributed by atoms with E-state index in [1.165, 1.54) is 7.11 Å². The molecule has 106 valence electrons. The predicted molar refractivity (Wildman–Crippen MR) is 99.4 cm³/mol. The maximum absolute atomic E-state index is 12.1. The second-order valence-electron chi connectivity index (χ2n) is 3.90. The highest BCUT2D eigenvalue weighted by Gasteiger charge is 2.13. The molecule has 0 spiro atoms. The van der Waals surface area contributed by atoms with Gasteiger partial charge < -0.3 is 15.2 Å². The Morgan fingerprint density at radius 3 is 2.74 bits per heavy atom. The van der Waals surface area contributed by atoms with Crippen LogP contribution in [-0.2, 0) is 4.74 Å². The number of amides is 1. The first kappa shape index (κ1) is 17.9. The molecule has 0 heterocycles. The van der Waals surface area contributed by atoms with Crippen molar-refractivity contribution in [2.75, 3.05) is 20.3 Å². The summed E-state index contributed by atoms with van der Waals surface area (Å²) in [5, 5.41) is 12.3. The van der Waals surface area contributed by atoms with Crippen LogP contribution in [0.15, 0.2) is 12.1 Å². The van der Waals surface area contributed by atoms with Gasteiger partial charge >= 0.3 is 0 Å². The molecule has 19 heavy (non-hydrogen) atoms. The minimum Gasteiger partial charge on any atom is -0.391 e. The van der Waals surface area contributed by atoms with E-state index in [1.54, 1.807) is 0 Å². The standard InChI is InChI=1S/C12H14I3NO3/c1-19-6-8(17)2-3-16-12(18)9-4-7(13)5-10(14)11(9)15/h4-5,8,17H,2-3,6H2,1H3,(H,16,18). The number of ether oxygens (including phenoxy) is 1. The SMILES string of the molecule is COCC(O)CCNC(=O)c1cc(I)cc(I)c1I. The average Bonchev–Trinajstić information content (AvgIpc) is 2.33. The first-order valence-electron chi connectivity index (χ1n) is 5.55. The van der Waals surface area contributed by atoms with Crippen molar-refractivity contribution >= 4 is 73.7 Å². The van der Waals surface area contributed by atoms with Crippen LogP contribution in [0.1, 0.15) is 16.8 Å². The number of methoxy groups -OCH3 is 1. The van der Waals surface area contributed by atoms with E-state index in [9.17, 15) is 9.90 Å². The van der Waals surface area contributed by atoms with Gasteiger partial charge in [-0.05, 0) is 86.3 Å². The molecule has 1 amide bonds. The number of rotatable bonds is 6. The van der Waals surface area contributed by atoms with Crippen LogP contribution in [0, 0.1) is 10.7 Å². The molecule has 7 heteroatoms. The van der Waals surface area contributed by atoms with Crippen molar-refractivity contribution in [3.05, 3.63) is 28.4 Å². The zero-order valence-corrected chi connectivity index (χ0v) is 16.7. The van der Waals surface area contributed by atoms with Crippen LogP contribution in [0.2, 0.25) is 0 Å². The molecule has 0 aliphatic heterocycles. The Morgan fingerprint density at radius 1 is 1.42 bits per heavy atom. The molecular weight excluding hydrogens is 587 g/mol. The topological polar surface area (TPSA) is 58.6 Å². The molecule has 0 saturated heterocycles. The van der Waals surface area contributed by atoms with E-state index < -0.39 is 6.10 Å². The molecule has 0 bridgehead atoms. The number of halogens is 3. The lowest BCUT2D eigenvalue weighted by molar-refractivity contribution is 0.0587. The number of benzene rings is 1. The minimum absolute atomic E-state index is 0.106. The van der Waals surface area contributed by atoms with E-state index in [-0.39, 0.29) is 12.5 Å². The molecule has 2 N–H and O–H groups in total. The number of aliphatic hydroxyl groups excluding tert-OH is 1. The highest BCUT2D eigenvalue weighted by molar-refractivity contribution is 14.1. The molecule has 1 unspecified atom stereocenters. The van der Waals surface area contributed by atoms with Gasteiger partial charge in [0, 0.05) is 24.4 Å². The highest BCUT2D eigenvalue weighted by atomic mass is 127. The van der Waals surface area contributed by atoms with Gasteiger partial charge in [0.1, 0.15) is 0 Å². The molecule has 0 fully saturated rings. The van der Waals surface area contributed by atoms with Crippen LogP contribution >= 0.6 is 67.8 Å². The largest absolute Gasteiger partial charge is 0.391 e. The Balaban J connectivity index is 2.59. The number of hydrogen-bond donors (Lipinski definition) is 2. The summed E-state index contributed by atoms with van der Waals surface area (Å²) < 4.78 is 7.88. The van der Waals surface area contributed by atoms with Gasteiger partial charge in [0.15, 0.2) is 0 Å². The lowest BCUT2D eigenvalue weighted by atomic mass is 10.2. The number of nitrogens with one attached hydrogen (secondary N) is 1. The molecule has 1 aromatic rings. The fourth-order valence-electron chi connectivity index (χ4n) is 1.44. The van der Waals surface area contributed by atoms with Crippen molar-refractivity contribution in [1.29, 1.82) is 0 Å². The van der Waals surface area contributed by atoms with E-state index in [0.29, 0.717) is 18.5 Å². The monoisotopic (exact) mass is 601 g/mol. The molecule has 4 nitrogen and oxygen atoms in total. The minimum atomic E-state index is -0.541. The van der Waals surface area contributed by atoms with Crippen LogP contribution in [0.5, 0.6) is 0 Å². The summed E-state index contributed by atoms with van der Waals surface area (Å²) in [5.74, 6) is -0.106. The maximum Gasteiger partial charge on any atom is 0.252 e. The van der Waals surface area contributed by atoms with E-state index in [0.717, 1.165) is 10.7 Å². The molecule has 1 rings (SSSR count). The number of carbonyl (C=O) groups excluding carboxylic acids is 1. The first-order chi connectivity index (χ1) is 8.95.